The minimum Gasteiger partial charge on any atom is -0.313 e. The third-order valence-corrected chi connectivity index (χ3v) is 3.62. The van der Waals surface area contributed by atoms with Crippen molar-refractivity contribution in [2.24, 2.45) is 0 Å². The molecule has 0 radical (unpaired) electrons. The average Bonchev–Trinajstić information content (AvgIpc) is 2.66. The Labute approximate surface area is 111 Å². The Kier molecular flexibility index (Phi) is 5.62. The maximum absolute atomic E-state index is 4.57. The third-order valence-electron chi connectivity index (χ3n) is 3.62. The lowest BCUT2D eigenvalue weighted by molar-refractivity contribution is 0.272. The van der Waals surface area contributed by atoms with Crippen molar-refractivity contribution in [1.29, 1.82) is 0 Å². The molecule has 3 nitrogen and oxygen atoms in total. The largest absolute Gasteiger partial charge is 0.313 e. The van der Waals surface area contributed by atoms with Gasteiger partial charge in [0.05, 0.1) is 5.69 Å². The van der Waals surface area contributed by atoms with E-state index in [9.17, 15) is 0 Å². The molecule has 1 aliphatic heterocycles. The highest BCUT2D eigenvalue weighted by Crippen LogP contribution is 2.14. The Morgan fingerprint density at radius 3 is 2.72 bits per heavy atom. The fourth-order valence-electron chi connectivity index (χ4n) is 2.54. The van der Waals surface area contributed by atoms with Crippen molar-refractivity contribution in [3.63, 3.8) is 0 Å². The summed E-state index contributed by atoms with van der Waals surface area (Å²) in [6.07, 6.45) is 7.39. The van der Waals surface area contributed by atoms with Gasteiger partial charge in [0.1, 0.15) is 0 Å². The maximum Gasteiger partial charge on any atom is 0.0588 e. The van der Waals surface area contributed by atoms with Crippen LogP contribution < -0.4 is 5.32 Å². The summed E-state index contributed by atoms with van der Waals surface area (Å²) in [5, 5.41) is 3.40. The van der Waals surface area contributed by atoms with Gasteiger partial charge in [0.2, 0.25) is 0 Å². The van der Waals surface area contributed by atoms with E-state index in [1.54, 1.807) is 0 Å². The van der Waals surface area contributed by atoms with Gasteiger partial charge in [-0.05, 0) is 44.1 Å². The molecule has 1 aliphatic rings. The molecule has 0 spiro atoms. The molecule has 1 aromatic heterocycles. The van der Waals surface area contributed by atoms with E-state index >= 15 is 0 Å². The second-order valence-electron chi connectivity index (χ2n) is 5.08. The fourth-order valence-corrected chi connectivity index (χ4v) is 2.54. The van der Waals surface area contributed by atoms with Gasteiger partial charge in [0.15, 0.2) is 0 Å². The highest BCUT2D eigenvalue weighted by atomic mass is 15.1. The molecule has 3 heteroatoms. The molecular weight excluding hydrogens is 222 g/mol. The van der Waals surface area contributed by atoms with Crippen molar-refractivity contribution in [2.75, 3.05) is 19.6 Å². The van der Waals surface area contributed by atoms with Crippen molar-refractivity contribution in [3.05, 3.63) is 29.6 Å². The van der Waals surface area contributed by atoms with Gasteiger partial charge < -0.3 is 5.32 Å². The lowest BCUT2D eigenvalue weighted by atomic mass is 10.1. The quantitative estimate of drug-likeness (QED) is 0.867. The van der Waals surface area contributed by atoms with Crippen molar-refractivity contribution >= 4 is 0 Å². The van der Waals surface area contributed by atoms with Gasteiger partial charge in [0, 0.05) is 19.3 Å². The van der Waals surface area contributed by atoms with E-state index in [0.717, 1.165) is 19.6 Å². The molecular formula is C15H25N3. The van der Waals surface area contributed by atoms with Gasteiger partial charge >= 0.3 is 0 Å². The molecule has 1 fully saturated rings. The Hall–Kier alpha value is -0.930. The van der Waals surface area contributed by atoms with Crippen LogP contribution in [-0.4, -0.2) is 29.5 Å². The fraction of sp³-hybridized carbons (Fsp3) is 0.667. The van der Waals surface area contributed by atoms with Crippen LogP contribution in [0.5, 0.6) is 0 Å². The summed E-state index contributed by atoms with van der Waals surface area (Å²) in [6.45, 7) is 7.58. The summed E-state index contributed by atoms with van der Waals surface area (Å²) in [7, 11) is 0. The Morgan fingerprint density at radius 1 is 1.22 bits per heavy atom. The van der Waals surface area contributed by atoms with Crippen molar-refractivity contribution < 1.29 is 0 Å². The lowest BCUT2D eigenvalue weighted by Gasteiger charge is -2.20. The van der Waals surface area contributed by atoms with E-state index in [1.807, 2.05) is 12.3 Å². The summed E-state index contributed by atoms with van der Waals surface area (Å²) in [4.78, 5) is 7.13. The summed E-state index contributed by atoms with van der Waals surface area (Å²) in [6, 6.07) is 4.24. The van der Waals surface area contributed by atoms with Gasteiger partial charge in [0.25, 0.3) is 0 Å². The molecule has 1 N–H and O–H groups in total. The number of aromatic nitrogens is 1. The Morgan fingerprint density at radius 2 is 2.00 bits per heavy atom. The van der Waals surface area contributed by atoms with E-state index in [-0.39, 0.29) is 0 Å². The standard InChI is InChI=1S/C15H25N3/c1-2-16-12-14-8-7-9-17-15(14)13-18-10-5-3-4-6-11-18/h7-9,16H,2-6,10-13H2,1H3. The van der Waals surface area contributed by atoms with Gasteiger partial charge in [-0.3, -0.25) is 9.88 Å². The Balaban J connectivity index is 1.98. The molecule has 0 amide bonds. The molecule has 0 bridgehead atoms. The molecule has 0 unspecified atom stereocenters. The van der Waals surface area contributed by atoms with Crippen LogP contribution in [0.3, 0.4) is 0 Å². The van der Waals surface area contributed by atoms with Gasteiger partial charge in [-0.2, -0.15) is 0 Å². The number of rotatable bonds is 5. The van der Waals surface area contributed by atoms with E-state index in [1.165, 1.54) is 50.0 Å². The molecule has 0 aliphatic carbocycles. The zero-order valence-electron chi connectivity index (χ0n) is 11.5. The minimum atomic E-state index is 0.938. The van der Waals surface area contributed by atoms with E-state index < -0.39 is 0 Å². The second kappa shape index (κ2) is 7.49. The van der Waals surface area contributed by atoms with Crippen LogP contribution in [0, 0.1) is 0 Å². The molecule has 1 aromatic rings. The highest BCUT2D eigenvalue weighted by Gasteiger charge is 2.12. The monoisotopic (exact) mass is 247 g/mol. The van der Waals surface area contributed by atoms with Gasteiger partial charge in [-0.1, -0.05) is 25.8 Å². The highest BCUT2D eigenvalue weighted by molar-refractivity contribution is 5.19. The molecule has 0 atom stereocenters. The average molecular weight is 247 g/mol. The number of nitrogens with zero attached hydrogens (tertiary/aromatic N) is 2. The summed E-state index contributed by atoms with van der Waals surface area (Å²) in [5.74, 6) is 0. The van der Waals surface area contributed by atoms with Crippen LogP contribution in [0.4, 0.5) is 0 Å². The lowest BCUT2D eigenvalue weighted by Crippen LogP contribution is -2.26. The van der Waals surface area contributed by atoms with Crippen molar-refractivity contribution in [3.8, 4) is 0 Å². The van der Waals surface area contributed by atoms with Gasteiger partial charge in [-0.15, -0.1) is 0 Å². The first kappa shape index (κ1) is 13.5. The molecule has 2 heterocycles. The summed E-state index contributed by atoms with van der Waals surface area (Å²) in [5.41, 5.74) is 2.60. The smallest absolute Gasteiger partial charge is 0.0588 e. The van der Waals surface area contributed by atoms with E-state index in [4.69, 9.17) is 0 Å². The van der Waals surface area contributed by atoms with E-state index in [2.05, 4.69) is 28.2 Å². The molecule has 2 rings (SSSR count). The van der Waals surface area contributed by atoms with E-state index in [0.29, 0.717) is 0 Å². The van der Waals surface area contributed by atoms with Crippen LogP contribution in [0.1, 0.15) is 43.9 Å². The topological polar surface area (TPSA) is 28.2 Å². The van der Waals surface area contributed by atoms with Crippen molar-refractivity contribution in [2.45, 2.75) is 45.7 Å². The molecule has 1 saturated heterocycles. The predicted molar refractivity (Wildman–Crippen MR) is 75.4 cm³/mol. The molecule has 0 aromatic carbocycles. The second-order valence-corrected chi connectivity index (χ2v) is 5.08. The molecule has 0 saturated carbocycles. The van der Waals surface area contributed by atoms with Crippen LogP contribution in [-0.2, 0) is 13.1 Å². The SMILES string of the molecule is CCNCc1cccnc1CN1CCCCCC1. The van der Waals surface area contributed by atoms with Crippen LogP contribution >= 0.6 is 0 Å². The normalized spacial score (nSPS) is 17.6. The zero-order chi connectivity index (χ0) is 12.6. The number of nitrogens with one attached hydrogen (secondary N) is 1. The first-order valence-electron chi connectivity index (χ1n) is 7.26. The summed E-state index contributed by atoms with van der Waals surface area (Å²) < 4.78 is 0. The molecule has 18 heavy (non-hydrogen) atoms. The van der Waals surface area contributed by atoms with Crippen LogP contribution in [0.2, 0.25) is 0 Å². The van der Waals surface area contributed by atoms with Crippen LogP contribution in [0.15, 0.2) is 18.3 Å². The zero-order valence-corrected chi connectivity index (χ0v) is 11.5. The minimum absolute atomic E-state index is 0.938. The molecule has 100 valence electrons. The van der Waals surface area contributed by atoms with Gasteiger partial charge in [-0.25, -0.2) is 0 Å². The first-order chi connectivity index (χ1) is 8.90. The first-order valence-corrected chi connectivity index (χ1v) is 7.26. The number of hydrogen-bond acceptors (Lipinski definition) is 3. The third kappa shape index (κ3) is 4.07. The number of likely N-dealkylation sites (tertiary alicyclic amines) is 1. The number of hydrogen-bond donors (Lipinski definition) is 1. The number of pyridine rings is 1. The maximum atomic E-state index is 4.57. The van der Waals surface area contributed by atoms with Crippen molar-refractivity contribution in [1.82, 2.24) is 15.2 Å². The Bertz CT molecular complexity index is 343. The van der Waals surface area contributed by atoms with Crippen LogP contribution in [0.25, 0.3) is 0 Å². The summed E-state index contributed by atoms with van der Waals surface area (Å²) >= 11 is 0. The predicted octanol–water partition coefficient (Wildman–Crippen LogP) is 2.57.